The van der Waals surface area contributed by atoms with Crippen LogP contribution in [-0.4, -0.2) is 0 Å². The van der Waals surface area contributed by atoms with Gasteiger partial charge in [-0.05, 0) is 46.5 Å². The lowest BCUT2D eigenvalue weighted by molar-refractivity contribution is 1.61. The predicted octanol–water partition coefficient (Wildman–Crippen LogP) is 8.10. The van der Waals surface area contributed by atoms with Crippen molar-refractivity contribution in [2.45, 2.75) is 0 Å². The highest BCUT2D eigenvalue weighted by Gasteiger charge is 2.10. The number of anilines is 2. The molecule has 0 atom stereocenters. The normalized spacial score (nSPS) is 11.6. The van der Waals surface area contributed by atoms with Crippen LogP contribution in [0, 0.1) is 0 Å². The van der Waals surface area contributed by atoms with Crippen molar-refractivity contribution in [3.8, 4) is 0 Å². The molecule has 6 rings (SSSR count). The van der Waals surface area contributed by atoms with Gasteiger partial charge in [-0.25, -0.2) is 0 Å². The molecule has 2 heteroatoms. The Balaban J connectivity index is 1.56. The van der Waals surface area contributed by atoms with E-state index in [9.17, 15) is 0 Å². The lowest BCUT2D eigenvalue weighted by atomic mass is 10.0. The van der Waals surface area contributed by atoms with Crippen molar-refractivity contribution in [2.75, 3.05) is 5.32 Å². The molecule has 0 amide bonds. The molecule has 0 aliphatic rings. The van der Waals surface area contributed by atoms with Gasteiger partial charge in [0.1, 0.15) is 0 Å². The first-order valence-corrected chi connectivity index (χ1v) is 10.3. The Hall–Kier alpha value is -3.36. The number of benzene rings is 5. The van der Waals surface area contributed by atoms with E-state index in [1.54, 1.807) is 0 Å². The van der Waals surface area contributed by atoms with Gasteiger partial charge in [0.25, 0.3) is 0 Å². The van der Waals surface area contributed by atoms with Gasteiger partial charge < -0.3 is 5.32 Å². The maximum atomic E-state index is 3.65. The number of fused-ring (bicyclic) bond motifs is 6. The van der Waals surface area contributed by atoms with E-state index in [0.29, 0.717) is 0 Å². The summed E-state index contributed by atoms with van der Waals surface area (Å²) < 4.78 is 2.67. The molecule has 0 saturated carbocycles. The number of hydrogen-bond acceptors (Lipinski definition) is 2. The molecule has 0 saturated heterocycles. The number of thiophene rings is 1. The molecule has 0 fully saturated rings. The second-order valence-corrected chi connectivity index (χ2v) is 8.21. The van der Waals surface area contributed by atoms with Gasteiger partial charge in [-0.15, -0.1) is 11.3 Å². The highest BCUT2D eigenvalue weighted by molar-refractivity contribution is 7.26. The van der Waals surface area contributed by atoms with E-state index < -0.39 is 0 Å². The topological polar surface area (TPSA) is 12.0 Å². The Bertz CT molecular complexity index is 1490. The molecule has 0 bridgehead atoms. The lowest BCUT2D eigenvalue weighted by Gasteiger charge is -2.10. The van der Waals surface area contributed by atoms with Crippen LogP contribution in [0.5, 0.6) is 0 Å². The molecule has 5 aromatic carbocycles. The Morgan fingerprint density at radius 3 is 2.14 bits per heavy atom. The van der Waals surface area contributed by atoms with E-state index in [1.807, 2.05) is 11.3 Å². The van der Waals surface area contributed by atoms with Gasteiger partial charge in [-0.3, -0.25) is 0 Å². The average molecular weight is 375 g/mol. The van der Waals surface area contributed by atoms with Gasteiger partial charge >= 0.3 is 0 Å². The monoisotopic (exact) mass is 375 g/mol. The largest absolute Gasteiger partial charge is 0.355 e. The summed E-state index contributed by atoms with van der Waals surface area (Å²) in [4.78, 5) is 0. The van der Waals surface area contributed by atoms with Crippen molar-refractivity contribution in [3.63, 3.8) is 0 Å². The number of nitrogens with one attached hydrogen (secondary N) is 1. The molecule has 0 spiro atoms. The smallest absolute Gasteiger partial charge is 0.0463 e. The summed E-state index contributed by atoms with van der Waals surface area (Å²) in [6, 6.07) is 34.8. The Morgan fingerprint density at radius 2 is 1.25 bits per heavy atom. The van der Waals surface area contributed by atoms with Crippen LogP contribution < -0.4 is 5.32 Å². The molecule has 0 radical (unpaired) electrons. The fourth-order valence-electron chi connectivity index (χ4n) is 4.11. The van der Waals surface area contributed by atoms with Crippen LogP contribution in [0.15, 0.2) is 97.1 Å². The zero-order chi connectivity index (χ0) is 18.5. The first-order valence-electron chi connectivity index (χ1n) is 9.46. The van der Waals surface area contributed by atoms with Crippen LogP contribution in [-0.2, 0) is 0 Å². The SMILES string of the molecule is c1ccc2c(Nc3ccc4sc5ccc6ccccc6c5c4c3)cccc2c1. The molecular formula is C26H17NS. The van der Waals surface area contributed by atoms with Gasteiger partial charge in [-0.1, -0.05) is 66.7 Å². The van der Waals surface area contributed by atoms with Crippen molar-refractivity contribution < 1.29 is 0 Å². The third kappa shape index (κ3) is 2.39. The number of hydrogen-bond donors (Lipinski definition) is 1. The zero-order valence-corrected chi connectivity index (χ0v) is 16.0. The molecule has 132 valence electrons. The summed E-state index contributed by atoms with van der Waals surface area (Å²) in [5, 5.41) is 11.4. The third-order valence-electron chi connectivity index (χ3n) is 5.43. The first kappa shape index (κ1) is 15.7. The van der Waals surface area contributed by atoms with E-state index >= 15 is 0 Å². The van der Waals surface area contributed by atoms with Gasteiger partial charge in [0, 0.05) is 36.9 Å². The summed E-state index contributed by atoms with van der Waals surface area (Å²) >= 11 is 1.87. The Kier molecular flexibility index (Phi) is 3.40. The Labute approximate surface area is 166 Å². The van der Waals surface area contributed by atoms with Crippen LogP contribution in [0.4, 0.5) is 11.4 Å². The molecule has 0 aliphatic carbocycles. The first-order chi connectivity index (χ1) is 13.9. The van der Waals surface area contributed by atoms with Crippen LogP contribution in [0.25, 0.3) is 41.7 Å². The van der Waals surface area contributed by atoms with Gasteiger partial charge in [-0.2, -0.15) is 0 Å². The second kappa shape index (κ2) is 6.08. The highest BCUT2D eigenvalue weighted by atomic mass is 32.1. The van der Waals surface area contributed by atoms with E-state index in [0.717, 1.165) is 11.4 Å². The molecular weight excluding hydrogens is 358 g/mol. The van der Waals surface area contributed by atoms with E-state index in [4.69, 9.17) is 0 Å². The number of rotatable bonds is 2. The minimum absolute atomic E-state index is 1.12. The summed E-state index contributed by atoms with van der Waals surface area (Å²) in [6.45, 7) is 0. The van der Waals surface area contributed by atoms with Crippen LogP contribution in [0.3, 0.4) is 0 Å². The molecule has 28 heavy (non-hydrogen) atoms. The van der Waals surface area contributed by atoms with Gasteiger partial charge in [0.15, 0.2) is 0 Å². The van der Waals surface area contributed by atoms with E-state index in [2.05, 4.69) is 102 Å². The summed E-state index contributed by atoms with van der Waals surface area (Å²) in [6.07, 6.45) is 0. The third-order valence-corrected chi connectivity index (χ3v) is 6.56. The Morgan fingerprint density at radius 1 is 0.536 bits per heavy atom. The average Bonchev–Trinajstić information content (AvgIpc) is 3.12. The summed E-state index contributed by atoms with van der Waals surface area (Å²) in [7, 11) is 0. The maximum absolute atomic E-state index is 3.65. The lowest BCUT2D eigenvalue weighted by Crippen LogP contribution is -1.91. The standard InChI is InChI=1S/C26H17NS/c1-3-9-20-17(6-1)8-5-11-23(20)27-19-13-15-24-22(16-19)26-21-10-4-2-7-18(21)12-14-25(26)28-24/h1-16,27H. The summed E-state index contributed by atoms with van der Waals surface area (Å²) in [5.41, 5.74) is 2.26. The van der Waals surface area contributed by atoms with E-state index in [1.165, 1.54) is 41.7 Å². The van der Waals surface area contributed by atoms with Crippen molar-refractivity contribution in [1.29, 1.82) is 0 Å². The minimum atomic E-state index is 1.12. The maximum Gasteiger partial charge on any atom is 0.0463 e. The predicted molar refractivity (Wildman–Crippen MR) is 124 cm³/mol. The molecule has 1 nitrogen and oxygen atoms in total. The molecule has 1 N–H and O–H groups in total. The van der Waals surface area contributed by atoms with Crippen molar-refractivity contribution in [1.82, 2.24) is 0 Å². The second-order valence-electron chi connectivity index (χ2n) is 7.12. The quantitative estimate of drug-likeness (QED) is 0.322. The van der Waals surface area contributed by atoms with Gasteiger partial charge in [0.05, 0.1) is 0 Å². The highest BCUT2D eigenvalue weighted by Crippen LogP contribution is 2.40. The molecule has 1 heterocycles. The zero-order valence-electron chi connectivity index (χ0n) is 15.1. The summed E-state index contributed by atoms with van der Waals surface area (Å²) in [5.74, 6) is 0. The van der Waals surface area contributed by atoms with Gasteiger partial charge in [0.2, 0.25) is 0 Å². The van der Waals surface area contributed by atoms with Crippen LogP contribution >= 0.6 is 11.3 Å². The molecule has 1 aromatic heterocycles. The van der Waals surface area contributed by atoms with E-state index in [-0.39, 0.29) is 0 Å². The molecule has 0 aliphatic heterocycles. The minimum Gasteiger partial charge on any atom is -0.355 e. The molecule has 6 aromatic rings. The fraction of sp³-hybridized carbons (Fsp3) is 0. The molecule has 0 unspecified atom stereocenters. The van der Waals surface area contributed by atoms with Crippen LogP contribution in [0.1, 0.15) is 0 Å². The van der Waals surface area contributed by atoms with Crippen molar-refractivity contribution in [2.24, 2.45) is 0 Å². The van der Waals surface area contributed by atoms with Crippen molar-refractivity contribution in [3.05, 3.63) is 97.1 Å². The fourth-order valence-corrected chi connectivity index (χ4v) is 5.22. The van der Waals surface area contributed by atoms with Crippen LogP contribution in [0.2, 0.25) is 0 Å². The van der Waals surface area contributed by atoms with Crippen molar-refractivity contribution >= 4 is 64.4 Å².